The highest BCUT2D eigenvalue weighted by Gasteiger charge is 2.29. The van der Waals surface area contributed by atoms with Crippen molar-refractivity contribution in [3.63, 3.8) is 0 Å². The molecular weight excluding hydrogens is 264 g/mol. The first-order chi connectivity index (χ1) is 10.4. The molecule has 4 rings (SSSR count). The van der Waals surface area contributed by atoms with Crippen molar-refractivity contribution in [2.45, 2.75) is 44.3 Å². The van der Waals surface area contributed by atoms with Gasteiger partial charge in [-0.25, -0.2) is 4.98 Å². The van der Waals surface area contributed by atoms with Gasteiger partial charge < -0.3 is 19.7 Å². The number of pyridine rings is 1. The predicted molar refractivity (Wildman–Crippen MR) is 82.5 cm³/mol. The van der Waals surface area contributed by atoms with Crippen LogP contribution in [0.2, 0.25) is 0 Å². The molecule has 2 aromatic rings. The molecule has 3 heterocycles. The molecule has 2 aliphatic rings. The molecular formula is C16H22N4O. The van der Waals surface area contributed by atoms with Gasteiger partial charge in [-0.15, -0.1) is 0 Å². The molecule has 5 nitrogen and oxygen atoms in total. The van der Waals surface area contributed by atoms with Gasteiger partial charge in [0.15, 0.2) is 5.82 Å². The average Bonchev–Trinajstić information content (AvgIpc) is 3.11. The number of aliphatic hydroxyl groups is 1. The molecule has 0 amide bonds. The van der Waals surface area contributed by atoms with Crippen LogP contribution >= 0.6 is 0 Å². The lowest BCUT2D eigenvalue weighted by Crippen LogP contribution is -2.33. The van der Waals surface area contributed by atoms with E-state index in [1.807, 2.05) is 18.2 Å². The number of fused-ring (bicyclic) bond motifs is 1. The van der Waals surface area contributed by atoms with Crippen LogP contribution in [0.1, 0.15) is 31.4 Å². The summed E-state index contributed by atoms with van der Waals surface area (Å²) in [5.41, 5.74) is 2.21. The Bertz CT molecular complexity index is 634. The van der Waals surface area contributed by atoms with Gasteiger partial charge in [0.05, 0.1) is 18.3 Å². The Morgan fingerprint density at radius 2 is 2.19 bits per heavy atom. The highest BCUT2D eigenvalue weighted by Crippen LogP contribution is 2.29. The van der Waals surface area contributed by atoms with E-state index in [-0.39, 0.29) is 12.6 Å². The second-order valence-corrected chi connectivity index (χ2v) is 6.14. The Morgan fingerprint density at radius 1 is 1.29 bits per heavy atom. The summed E-state index contributed by atoms with van der Waals surface area (Å²) in [5, 5.41) is 13.2. The van der Waals surface area contributed by atoms with E-state index in [0.29, 0.717) is 6.04 Å². The van der Waals surface area contributed by atoms with Crippen molar-refractivity contribution in [3.05, 3.63) is 30.1 Å². The number of aromatic nitrogens is 2. The molecule has 2 N–H and O–H groups in total. The summed E-state index contributed by atoms with van der Waals surface area (Å²) in [4.78, 5) is 7.12. The van der Waals surface area contributed by atoms with Crippen LogP contribution < -0.4 is 10.2 Å². The van der Waals surface area contributed by atoms with Crippen molar-refractivity contribution in [2.75, 3.05) is 18.1 Å². The molecule has 0 bridgehead atoms. The van der Waals surface area contributed by atoms with Crippen LogP contribution in [0.5, 0.6) is 0 Å². The van der Waals surface area contributed by atoms with Gasteiger partial charge in [-0.3, -0.25) is 0 Å². The Balaban J connectivity index is 1.72. The number of nitrogens with zero attached hydrogens (tertiary/aromatic N) is 3. The molecule has 1 saturated heterocycles. The number of anilines is 1. The van der Waals surface area contributed by atoms with E-state index >= 15 is 0 Å². The second-order valence-electron chi connectivity index (χ2n) is 6.14. The van der Waals surface area contributed by atoms with Crippen LogP contribution in [-0.2, 0) is 6.54 Å². The first kappa shape index (κ1) is 13.1. The highest BCUT2D eigenvalue weighted by molar-refractivity contribution is 5.57. The standard InChI is InChI=1S/C16H22N4O/c21-11-13-4-3-9-19(13)16-14(10-17-12-6-7-12)20-8-2-1-5-15(20)18-16/h1-2,5,8,12-13,17,21H,3-4,6-7,9-11H2. The lowest BCUT2D eigenvalue weighted by Gasteiger charge is -2.24. The molecule has 2 aromatic heterocycles. The zero-order valence-corrected chi connectivity index (χ0v) is 12.2. The molecule has 2 fully saturated rings. The fourth-order valence-electron chi connectivity index (χ4n) is 3.26. The van der Waals surface area contributed by atoms with Gasteiger partial charge in [0.25, 0.3) is 0 Å². The maximum atomic E-state index is 9.60. The second kappa shape index (κ2) is 5.31. The van der Waals surface area contributed by atoms with Crippen molar-refractivity contribution in [1.82, 2.24) is 14.7 Å². The molecule has 1 aliphatic heterocycles. The topological polar surface area (TPSA) is 52.8 Å². The normalized spacial score (nSPS) is 22.3. The van der Waals surface area contributed by atoms with Gasteiger partial charge in [-0.05, 0) is 37.8 Å². The van der Waals surface area contributed by atoms with Crippen LogP contribution in [0.25, 0.3) is 5.65 Å². The molecule has 1 atom stereocenters. The molecule has 1 saturated carbocycles. The van der Waals surface area contributed by atoms with E-state index < -0.39 is 0 Å². The number of hydrogen-bond acceptors (Lipinski definition) is 4. The van der Waals surface area contributed by atoms with Gasteiger partial charge in [0, 0.05) is 25.3 Å². The third-order valence-electron chi connectivity index (χ3n) is 4.60. The lowest BCUT2D eigenvalue weighted by molar-refractivity contribution is 0.266. The van der Waals surface area contributed by atoms with Crippen LogP contribution in [0.3, 0.4) is 0 Å². The maximum absolute atomic E-state index is 9.60. The van der Waals surface area contributed by atoms with E-state index in [0.717, 1.165) is 37.4 Å². The summed E-state index contributed by atoms with van der Waals surface area (Å²) in [6.45, 7) is 2.05. The van der Waals surface area contributed by atoms with E-state index in [9.17, 15) is 5.11 Å². The van der Waals surface area contributed by atoms with Crippen molar-refractivity contribution >= 4 is 11.5 Å². The minimum absolute atomic E-state index is 0.212. The summed E-state index contributed by atoms with van der Waals surface area (Å²) in [5.74, 6) is 1.05. The van der Waals surface area contributed by atoms with Gasteiger partial charge in [0.1, 0.15) is 5.65 Å². The SMILES string of the molecule is OCC1CCCN1c1nc2ccccn2c1CNC1CC1. The monoisotopic (exact) mass is 286 g/mol. The van der Waals surface area contributed by atoms with Crippen molar-refractivity contribution < 1.29 is 5.11 Å². The van der Waals surface area contributed by atoms with E-state index in [4.69, 9.17) is 4.98 Å². The van der Waals surface area contributed by atoms with E-state index in [1.165, 1.54) is 18.5 Å². The van der Waals surface area contributed by atoms with Crippen LogP contribution in [0.15, 0.2) is 24.4 Å². The number of rotatable bonds is 5. The lowest BCUT2D eigenvalue weighted by atomic mass is 10.2. The molecule has 0 spiro atoms. The van der Waals surface area contributed by atoms with Crippen molar-refractivity contribution in [3.8, 4) is 0 Å². The van der Waals surface area contributed by atoms with Crippen LogP contribution in [-0.4, -0.2) is 39.7 Å². The zero-order chi connectivity index (χ0) is 14.2. The fraction of sp³-hybridized carbons (Fsp3) is 0.562. The molecule has 5 heteroatoms. The third kappa shape index (κ3) is 2.40. The van der Waals surface area contributed by atoms with Crippen LogP contribution in [0, 0.1) is 0 Å². The molecule has 1 aliphatic carbocycles. The molecule has 112 valence electrons. The quantitative estimate of drug-likeness (QED) is 0.875. The van der Waals surface area contributed by atoms with Crippen molar-refractivity contribution in [2.24, 2.45) is 0 Å². The highest BCUT2D eigenvalue weighted by atomic mass is 16.3. The molecule has 21 heavy (non-hydrogen) atoms. The fourth-order valence-corrected chi connectivity index (χ4v) is 3.26. The maximum Gasteiger partial charge on any atom is 0.152 e. The minimum atomic E-state index is 0.212. The summed E-state index contributed by atoms with van der Waals surface area (Å²) in [6, 6.07) is 7.02. The third-order valence-corrected chi connectivity index (χ3v) is 4.60. The predicted octanol–water partition coefficient (Wildman–Crippen LogP) is 1.55. The minimum Gasteiger partial charge on any atom is -0.394 e. The van der Waals surface area contributed by atoms with Gasteiger partial charge in [0.2, 0.25) is 0 Å². The Kier molecular flexibility index (Phi) is 3.31. The van der Waals surface area contributed by atoms with Crippen molar-refractivity contribution in [1.29, 1.82) is 0 Å². The van der Waals surface area contributed by atoms with Gasteiger partial charge >= 0.3 is 0 Å². The summed E-state index contributed by atoms with van der Waals surface area (Å²) in [6.07, 6.45) is 6.85. The number of aliphatic hydroxyl groups excluding tert-OH is 1. The number of nitrogens with one attached hydrogen (secondary N) is 1. The van der Waals surface area contributed by atoms with Crippen LogP contribution in [0.4, 0.5) is 5.82 Å². The van der Waals surface area contributed by atoms with E-state index in [1.54, 1.807) is 0 Å². The smallest absolute Gasteiger partial charge is 0.152 e. The number of hydrogen-bond donors (Lipinski definition) is 2. The Hall–Kier alpha value is -1.59. The largest absolute Gasteiger partial charge is 0.394 e. The number of imidazole rings is 1. The molecule has 0 aromatic carbocycles. The van der Waals surface area contributed by atoms with E-state index in [2.05, 4.69) is 20.8 Å². The summed E-state index contributed by atoms with van der Waals surface area (Å²) < 4.78 is 2.18. The Morgan fingerprint density at radius 3 is 3.00 bits per heavy atom. The first-order valence-corrected chi connectivity index (χ1v) is 7.93. The molecule has 0 radical (unpaired) electrons. The molecule has 1 unspecified atom stereocenters. The summed E-state index contributed by atoms with van der Waals surface area (Å²) >= 11 is 0. The summed E-state index contributed by atoms with van der Waals surface area (Å²) in [7, 11) is 0. The van der Waals surface area contributed by atoms with Gasteiger partial charge in [-0.2, -0.15) is 0 Å². The first-order valence-electron chi connectivity index (χ1n) is 7.93. The average molecular weight is 286 g/mol. The Labute approximate surface area is 124 Å². The zero-order valence-electron chi connectivity index (χ0n) is 12.2. The van der Waals surface area contributed by atoms with Gasteiger partial charge in [-0.1, -0.05) is 6.07 Å².